The van der Waals surface area contributed by atoms with Crippen molar-refractivity contribution in [3.8, 4) is 5.69 Å². The Balaban J connectivity index is 1.72. The minimum absolute atomic E-state index is 0.134. The van der Waals surface area contributed by atoms with E-state index < -0.39 is 5.97 Å². The third kappa shape index (κ3) is 3.08. The van der Waals surface area contributed by atoms with Crippen molar-refractivity contribution in [2.24, 2.45) is 0 Å². The Morgan fingerprint density at radius 2 is 2.14 bits per heavy atom. The first-order chi connectivity index (χ1) is 10.3. The average Bonchev–Trinajstić information content (AvgIpc) is 3.08. The molecule has 0 aliphatic carbocycles. The number of benzene rings is 1. The van der Waals surface area contributed by atoms with Crippen LogP contribution in [0, 0.1) is 0 Å². The van der Waals surface area contributed by atoms with Crippen molar-refractivity contribution >= 4 is 5.97 Å². The Kier molecular flexibility index (Phi) is 3.64. The predicted octanol–water partition coefficient (Wildman–Crippen LogP) is 1.41. The average molecular weight is 281 g/mol. The number of nitrogens with zero attached hydrogens (tertiary/aromatic N) is 5. The Labute approximate surface area is 120 Å². The van der Waals surface area contributed by atoms with Gasteiger partial charge in [-0.3, -0.25) is 4.98 Å². The molecule has 2 heterocycles. The Morgan fingerprint density at radius 3 is 2.90 bits per heavy atom. The number of carbonyl (C=O) groups excluding carboxylic acids is 1. The highest BCUT2D eigenvalue weighted by Crippen LogP contribution is 2.10. The van der Waals surface area contributed by atoms with Crippen molar-refractivity contribution in [3.63, 3.8) is 0 Å². The van der Waals surface area contributed by atoms with Crippen LogP contribution in [0.4, 0.5) is 0 Å². The molecule has 3 rings (SSSR count). The van der Waals surface area contributed by atoms with Gasteiger partial charge in [-0.15, -0.1) is 5.10 Å². The molecule has 0 saturated heterocycles. The van der Waals surface area contributed by atoms with E-state index in [9.17, 15) is 4.79 Å². The second-order valence-electron chi connectivity index (χ2n) is 4.20. The zero-order chi connectivity index (χ0) is 14.5. The van der Waals surface area contributed by atoms with Crippen LogP contribution in [0.5, 0.6) is 0 Å². The minimum Gasteiger partial charge on any atom is -0.456 e. The van der Waals surface area contributed by atoms with Gasteiger partial charge in [0.15, 0.2) is 0 Å². The van der Waals surface area contributed by atoms with Gasteiger partial charge in [0.2, 0.25) is 0 Å². The molecule has 1 aromatic carbocycles. The maximum Gasteiger partial charge on any atom is 0.338 e. The molecule has 7 heteroatoms. The normalized spacial score (nSPS) is 10.3. The number of ether oxygens (including phenoxy) is 1. The lowest BCUT2D eigenvalue weighted by atomic mass is 10.2. The van der Waals surface area contributed by atoms with Crippen LogP contribution in [-0.2, 0) is 11.3 Å². The van der Waals surface area contributed by atoms with Crippen LogP contribution in [0.3, 0.4) is 0 Å². The number of hydrogen-bond donors (Lipinski definition) is 0. The van der Waals surface area contributed by atoms with Crippen LogP contribution in [-0.4, -0.2) is 31.2 Å². The SMILES string of the molecule is O=C(OCc1ccccn1)c1cccc(-n2cnnn2)c1. The fourth-order valence-electron chi connectivity index (χ4n) is 1.76. The fraction of sp³-hybridized carbons (Fsp3) is 0.0714. The number of rotatable bonds is 4. The summed E-state index contributed by atoms with van der Waals surface area (Å²) in [6, 6.07) is 12.3. The molecule has 104 valence electrons. The molecule has 0 bridgehead atoms. The molecule has 0 fully saturated rings. The summed E-state index contributed by atoms with van der Waals surface area (Å²) in [5.41, 5.74) is 1.81. The Bertz CT molecular complexity index is 728. The maximum atomic E-state index is 12.0. The number of tetrazole rings is 1. The molecule has 0 amide bonds. The number of aromatic nitrogens is 5. The van der Waals surface area contributed by atoms with Crippen molar-refractivity contribution in [2.45, 2.75) is 6.61 Å². The van der Waals surface area contributed by atoms with Crippen LogP contribution in [0.1, 0.15) is 16.1 Å². The molecule has 0 aliphatic rings. The third-order valence-electron chi connectivity index (χ3n) is 2.77. The first-order valence-corrected chi connectivity index (χ1v) is 6.23. The van der Waals surface area contributed by atoms with Gasteiger partial charge in [0.05, 0.1) is 16.9 Å². The molecule has 0 aliphatic heterocycles. The summed E-state index contributed by atoms with van der Waals surface area (Å²) in [4.78, 5) is 16.1. The van der Waals surface area contributed by atoms with E-state index >= 15 is 0 Å². The summed E-state index contributed by atoms with van der Waals surface area (Å²) in [5.74, 6) is -0.421. The van der Waals surface area contributed by atoms with Gasteiger partial charge in [0.25, 0.3) is 0 Å². The van der Waals surface area contributed by atoms with Gasteiger partial charge in [-0.05, 0) is 40.8 Å². The molecular formula is C14H11N5O2. The summed E-state index contributed by atoms with van der Waals surface area (Å²) in [5, 5.41) is 10.9. The summed E-state index contributed by atoms with van der Waals surface area (Å²) in [6.45, 7) is 0.134. The van der Waals surface area contributed by atoms with Crippen LogP contribution >= 0.6 is 0 Å². The molecule has 21 heavy (non-hydrogen) atoms. The van der Waals surface area contributed by atoms with Crippen LogP contribution in [0.2, 0.25) is 0 Å². The van der Waals surface area contributed by atoms with Crippen molar-refractivity contribution in [1.82, 2.24) is 25.2 Å². The van der Waals surface area contributed by atoms with Gasteiger partial charge in [-0.1, -0.05) is 12.1 Å². The second-order valence-corrected chi connectivity index (χ2v) is 4.20. The largest absolute Gasteiger partial charge is 0.456 e. The Hall–Kier alpha value is -3.09. The van der Waals surface area contributed by atoms with E-state index in [1.54, 1.807) is 42.6 Å². The molecular weight excluding hydrogens is 270 g/mol. The highest BCUT2D eigenvalue weighted by atomic mass is 16.5. The zero-order valence-corrected chi connectivity index (χ0v) is 11.0. The van der Waals surface area contributed by atoms with E-state index in [1.165, 1.54) is 11.0 Å². The molecule has 3 aromatic rings. The van der Waals surface area contributed by atoms with Crippen molar-refractivity contribution in [1.29, 1.82) is 0 Å². The standard InChI is InChI=1S/C14H11N5O2/c20-14(21-9-12-5-1-2-7-15-12)11-4-3-6-13(8-11)19-10-16-17-18-19/h1-8,10H,9H2. The topological polar surface area (TPSA) is 82.8 Å². The van der Waals surface area contributed by atoms with Crippen LogP contribution in [0.25, 0.3) is 5.69 Å². The summed E-state index contributed by atoms with van der Waals surface area (Å²) in [6.07, 6.45) is 3.11. The molecule has 0 spiro atoms. The first kappa shape index (κ1) is 12.9. The zero-order valence-electron chi connectivity index (χ0n) is 11.0. The molecule has 7 nitrogen and oxygen atoms in total. The number of carbonyl (C=O) groups is 1. The van der Waals surface area contributed by atoms with Gasteiger partial charge < -0.3 is 4.74 Å². The van der Waals surface area contributed by atoms with Gasteiger partial charge in [0, 0.05) is 6.20 Å². The van der Waals surface area contributed by atoms with Crippen molar-refractivity contribution in [3.05, 3.63) is 66.2 Å². The monoisotopic (exact) mass is 281 g/mol. The third-order valence-corrected chi connectivity index (χ3v) is 2.77. The quantitative estimate of drug-likeness (QED) is 0.672. The first-order valence-electron chi connectivity index (χ1n) is 6.23. The van der Waals surface area contributed by atoms with Gasteiger partial charge >= 0.3 is 5.97 Å². The van der Waals surface area contributed by atoms with Gasteiger partial charge in [-0.25, -0.2) is 9.48 Å². The lowest BCUT2D eigenvalue weighted by molar-refractivity contribution is 0.0467. The summed E-state index contributed by atoms with van der Waals surface area (Å²) in [7, 11) is 0. The molecule has 0 N–H and O–H groups in total. The van der Waals surface area contributed by atoms with Crippen molar-refractivity contribution < 1.29 is 9.53 Å². The highest BCUT2D eigenvalue weighted by Gasteiger charge is 2.09. The summed E-state index contributed by atoms with van der Waals surface area (Å²) >= 11 is 0. The highest BCUT2D eigenvalue weighted by molar-refractivity contribution is 5.90. The molecule has 0 radical (unpaired) electrons. The number of esters is 1. The maximum absolute atomic E-state index is 12.0. The second kappa shape index (κ2) is 5.91. The number of pyridine rings is 1. The van der Waals surface area contributed by atoms with E-state index in [2.05, 4.69) is 20.5 Å². The van der Waals surface area contributed by atoms with Crippen LogP contribution in [0.15, 0.2) is 55.0 Å². The lowest BCUT2D eigenvalue weighted by Crippen LogP contribution is -2.07. The Morgan fingerprint density at radius 1 is 1.19 bits per heavy atom. The molecule has 2 aromatic heterocycles. The van der Waals surface area contributed by atoms with E-state index in [0.29, 0.717) is 16.9 Å². The minimum atomic E-state index is -0.421. The van der Waals surface area contributed by atoms with Crippen LogP contribution < -0.4 is 0 Å². The van der Waals surface area contributed by atoms with E-state index in [4.69, 9.17) is 4.74 Å². The molecule has 0 saturated carbocycles. The lowest BCUT2D eigenvalue weighted by Gasteiger charge is -2.05. The fourth-order valence-corrected chi connectivity index (χ4v) is 1.76. The van der Waals surface area contributed by atoms with Gasteiger partial charge in [-0.2, -0.15) is 0 Å². The van der Waals surface area contributed by atoms with E-state index in [0.717, 1.165) is 0 Å². The number of hydrogen-bond acceptors (Lipinski definition) is 6. The van der Waals surface area contributed by atoms with E-state index in [-0.39, 0.29) is 6.61 Å². The molecule has 0 atom stereocenters. The smallest absolute Gasteiger partial charge is 0.338 e. The van der Waals surface area contributed by atoms with Gasteiger partial charge in [0.1, 0.15) is 12.9 Å². The predicted molar refractivity (Wildman–Crippen MR) is 72.5 cm³/mol. The molecule has 0 unspecified atom stereocenters. The van der Waals surface area contributed by atoms with Crippen molar-refractivity contribution in [2.75, 3.05) is 0 Å². The van der Waals surface area contributed by atoms with E-state index in [1.807, 2.05) is 6.07 Å². The summed E-state index contributed by atoms with van der Waals surface area (Å²) < 4.78 is 6.69.